The summed E-state index contributed by atoms with van der Waals surface area (Å²) in [5.74, 6) is 0. The van der Waals surface area contributed by atoms with Crippen LogP contribution in [0.2, 0.25) is 0 Å². The van der Waals surface area contributed by atoms with Gasteiger partial charge < -0.3 is 0 Å². The molecule has 1 N–H and O–H groups in total. The van der Waals surface area contributed by atoms with Gasteiger partial charge in [0, 0.05) is 13.1 Å². The summed E-state index contributed by atoms with van der Waals surface area (Å²) in [6.45, 7) is 1.43. The summed E-state index contributed by atoms with van der Waals surface area (Å²) in [5, 5.41) is 10.6. The number of piperidine rings is 1. The van der Waals surface area contributed by atoms with Crippen LogP contribution in [0.4, 0.5) is 0 Å². The predicted molar refractivity (Wildman–Crippen MR) is 66.9 cm³/mol. The van der Waals surface area contributed by atoms with Crippen LogP contribution in [0.5, 0.6) is 0 Å². The number of hydrogen-bond acceptors (Lipinski definition) is 4. The molecule has 18 heavy (non-hydrogen) atoms. The molecule has 0 spiro atoms. The van der Waals surface area contributed by atoms with E-state index in [1.165, 1.54) is 12.1 Å². The smallest absolute Gasteiger partial charge is 0.230 e. The van der Waals surface area contributed by atoms with Gasteiger partial charge in [-0.1, -0.05) is 18.6 Å². The average Bonchev–Trinajstić information content (AvgIpc) is 2.39. The molecule has 1 saturated heterocycles. The Labute approximate surface area is 107 Å². The monoisotopic (exact) mass is 265 g/mol. The summed E-state index contributed by atoms with van der Waals surface area (Å²) in [6.07, 6.45) is 3.11. The van der Waals surface area contributed by atoms with Gasteiger partial charge in [0.15, 0.2) is 0 Å². The number of nitriles is 1. The number of nitrogens with zero attached hydrogens (tertiary/aromatic N) is 2. The second kappa shape index (κ2) is 5.48. The Kier molecular flexibility index (Phi) is 3.97. The van der Waals surface area contributed by atoms with E-state index >= 15 is 0 Å². The first-order valence-corrected chi connectivity index (χ1v) is 7.38. The Hall–Kier alpha value is -1.42. The molecule has 0 saturated carbocycles. The van der Waals surface area contributed by atoms with Gasteiger partial charge in [-0.3, -0.25) is 0 Å². The first-order valence-electron chi connectivity index (χ1n) is 5.90. The van der Waals surface area contributed by atoms with Gasteiger partial charge in [-0.2, -0.15) is 5.26 Å². The first kappa shape index (κ1) is 13.0. The van der Waals surface area contributed by atoms with Crippen molar-refractivity contribution < 1.29 is 8.42 Å². The van der Waals surface area contributed by atoms with E-state index in [0.717, 1.165) is 19.3 Å². The van der Waals surface area contributed by atoms with Crippen molar-refractivity contribution in [2.24, 2.45) is 0 Å². The molecule has 1 aromatic carbocycles. The highest BCUT2D eigenvalue weighted by Gasteiger charge is 2.22. The molecule has 1 aromatic rings. The molecular weight excluding hydrogens is 250 g/mol. The molecule has 1 fully saturated rings. The molecule has 0 aromatic heterocycles. The minimum atomic E-state index is -3.65. The number of hydrazine groups is 1. The van der Waals surface area contributed by atoms with Crippen molar-refractivity contribution >= 4 is 10.0 Å². The zero-order valence-electron chi connectivity index (χ0n) is 9.96. The second-order valence-electron chi connectivity index (χ2n) is 4.25. The van der Waals surface area contributed by atoms with E-state index in [0.29, 0.717) is 13.1 Å². The van der Waals surface area contributed by atoms with Gasteiger partial charge in [0.1, 0.15) is 11.0 Å². The molecule has 1 aliphatic heterocycles. The minimum absolute atomic E-state index is 0.0399. The summed E-state index contributed by atoms with van der Waals surface area (Å²) in [4.78, 5) is 2.58. The van der Waals surface area contributed by atoms with Gasteiger partial charge in [-0.05, 0) is 25.0 Å². The fourth-order valence-corrected chi connectivity index (χ4v) is 3.28. The third kappa shape index (κ3) is 2.88. The molecule has 0 aliphatic carbocycles. The largest absolute Gasteiger partial charge is 0.254 e. The molecule has 0 bridgehead atoms. The minimum Gasteiger partial charge on any atom is -0.230 e. The summed E-state index contributed by atoms with van der Waals surface area (Å²) in [7, 11) is -3.65. The summed E-state index contributed by atoms with van der Waals surface area (Å²) >= 11 is 0. The Morgan fingerprint density at radius 3 is 2.50 bits per heavy atom. The highest BCUT2D eigenvalue weighted by atomic mass is 32.2. The molecule has 0 atom stereocenters. The quantitative estimate of drug-likeness (QED) is 0.892. The zero-order chi connectivity index (χ0) is 13.0. The number of hydrogen-bond donors (Lipinski definition) is 1. The molecule has 0 radical (unpaired) electrons. The lowest BCUT2D eigenvalue weighted by atomic mass is 10.2. The SMILES string of the molecule is N#Cc1ccccc1S(=O)(=O)NN1CCCCC1. The van der Waals surface area contributed by atoms with Crippen LogP contribution in [0.15, 0.2) is 29.2 Å². The van der Waals surface area contributed by atoms with Crippen LogP contribution in [0.25, 0.3) is 0 Å². The fraction of sp³-hybridized carbons (Fsp3) is 0.417. The molecule has 1 aliphatic rings. The maximum absolute atomic E-state index is 12.2. The Balaban J connectivity index is 2.22. The standard InChI is InChI=1S/C12H15N3O2S/c13-10-11-6-2-3-7-12(11)18(16,17)14-15-8-4-1-5-9-15/h2-3,6-7,14H,1,4-5,8-9H2. The van der Waals surface area contributed by atoms with E-state index in [-0.39, 0.29) is 10.5 Å². The van der Waals surface area contributed by atoms with Gasteiger partial charge in [0.05, 0.1) is 5.56 Å². The van der Waals surface area contributed by atoms with Crippen molar-refractivity contribution in [1.29, 1.82) is 5.26 Å². The highest BCUT2D eigenvalue weighted by molar-refractivity contribution is 7.89. The van der Waals surface area contributed by atoms with Crippen molar-refractivity contribution in [2.75, 3.05) is 13.1 Å². The van der Waals surface area contributed by atoms with Crippen molar-refractivity contribution in [3.05, 3.63) is 29.8 Å². The van der Waals surface area contributed by atoms with E-state index in [4.69, 9.17) is 5.26 Å². The Morgan fingerprint density at radius 1 is 1.17 bits per heavy atom. The van der Waals surface area contributed by atoms with Crippen LogP contribution < -0.4 is 4.83 Å². The summed E-state index contributed by atoms with van der Waals surface area (Å²) < 4.78 is 24.4. The van der Waals surface area contributed by atoms with Crippen LogP contribution >= 0.6 is 0 Å². The van der Waals surface area contributed by atoms with Gasteiger partial charge in [-0.25, -0.2) is 13.4 Å². The number of sulfonamides is 1. The maximum atomic E-state index is 12.2. The van der Waals surface area contributed by atoms with Gasteiger partial charge >= 0.3 is 0 Å². The lowest BCUT2D eigenvalue weighted by molar-refractivity contribution is 0.200. The summed E-state index contributed by atoms with van der Waals surface area (Å²) in [6, 6.07) is 8.12. The Bertz CT molecular complexity index is 557. The zero-order valence-corrected chi connectivity index (χ0v) is 10.8. The lowest BCUT2D eigenvalue weighted by Crippen LogP contribution is -2.45. The fourth-order valence-electron chi connectivity index (χ4n) is 2.00. The molecule has 0 amide bonds. The number of rotatable bonds is 3. The van der Waals surface area contributed by atoms with E-state index in [9.17, 15) is 8.42 Å². The molecule has 0 unspecified atom stereocenters. The van der Waals surface area contributed by atoms with E-state index in [2.05, 4.69) is 4.83 Å². The van der Waals surface area contributed by atoms with Crippen LogP contribution in [-0.4, -0.2) is 26.5 Å². The molecule has 2 rings (SSSR count). The van der Waals surface area contributed by atoms with Crippen molar-refractivity contribution in [1.82, 2.24) is 9.84 Å². The van der Waals surface area contributed by atoms with Gasteiger partial charge in [-0.15, -0.1) is 4.83 Å². The number of benzene rings is 1. The molecule has 96 valence electrons. The van der Waals surface area contributed by atoms with E-state index in [1.54, 1.807) is 17.1 Å². The first-order chi connectivity index (χ1) is 8.63. The van der Waals surface area contributed by atoms with Crippen molar-refractivity contribution in [2.45, 2.75) is 24.2 Å². The van der Waals surface area contributed by atoms with E-state index in [1.807, 2.05) is 6.07 Å². The number of nitrogens with one attached hydrogen (secondary N) is 1. The molecule has 1 heterocycles. The average molecular weight is 265 g/mol. The van der Waals surface area contributed by atoms with Crippen molar-refractivity contribution in [3.8, 4) is 6.07 Å². The second-order valence-corrected chi connectivity index (χ2v) is 5.88. The van der Waals surface area contributed by atoms with Crippen LogP contribution in [0, 0.1) is 11.3 Å². The third-order valence-corrected chi connectivity index (χ3v) is 4.34. The van der Waals surface area contributed by atoms with Crippen LogP contribution in [-0.2, 0) is 10.0 Å². The third-order valence-electron chi connectivity index (χ3n) is 2.90. The predicted octanol–water partition coefficient (Wildman–Crippen LogP) is 1.24. The summed E-state index contributed by atoms with van der Waals surface area (Å²) in [5.41, 5.74) is 0.169. The molecule has 5 nitrogen and oxygen atoms in total. The molecular formula is C12H15N3O2S. The van der Waals surface area contributed by atoms with Gasteiger partial charge in [0.25, 0.3) is 10.0 Å². The molecule has 6 heteroatoms. The van der Waals surface area contributed by atoms with Crippen molar-refractivity contribution in [3.63, 3.8) is 0 Å². The lowest BCUT2D eigenvalue weighted by Gasteiger charge is -2.26. The normalized spacial score (nSPS) is 17.3. The van der Waals surface area contributed by atoms with E-state index < -0.39 is 10.0 Å². The van der Waals surface area contributed by atoms with Crippen LogP contribution in [0.1, 0.15) is 24.8 Å². The maximum Gasteiger partial charge on any atom is 0.254 e. The topological polar surface area (TPSA) is 73.2 Å². The van der Waals surface area contributed by atoms with Crippen LogP contribution in [0.3, 0.4) is 0 Å². The van der Waals surface area contributed by atoms with Gasteiger partial charge in [0.2, 0.25) is 0 Å². The Morgan fingerprint density at radius 2 is 1.83 bits per heavy atom. The highest BCUT2D eigenvalue weighted by Crippen LogP contribution is 2.15.